The molecule has 0 saturated carbocycles. The molecule has 1 aromatic rings. The molecule has 3 atom stereocenters. The second-order valence-corrected chi connectivity index (χ2v) is 6.80. The lowest BCUT2D eigenvalue weighted by molar-refractivity contribution is -0.156. The van der Waals surface area contributed by atoms with E-state index in [1.807, 2.05) is 25.1 Å². The monoisotopic (exact) mass is 293 g/mol. The molecule has 0 bridgehead atoms. The SMILES string of the molecule is Cc1cccc([C@@H]2CC[C@H]3CC(C)(C(C)(F)F)C(=O)N32)c1. The van der Waals surface area contributed by atoms with E-state index >= 15 is 0 Å². The predicted molar refractivity (Wildman–Crippen MR) is 77.1 cm³/mol. The normalized spacial score (nSPS) is 32.6. The van der Waals surface area contributed by atoms with E-state index in [2.05, 4.69) is 6.07 Å². The van der Waals surface area contributed by atoms with E-state index in [0.29, 0.717) is 0 Å². The van der Waals surface area contributed by atoms with Gasteiger partial charge in [-0.3, -0.25) is 4.79 Å². The van der Waals surface area contributed by atoms with Gasteiger partial charge in [-0.2, -0.15) is 0 Å². The van der Waals surface area contributed by atoms with Crippen molar-refractivity contribution in [1.29, 1.82) is 0 Å². The molecule has 3 rings (SSSR count). The lowest BCUT2D eigenvalue weighted by Crippen LogP contribution is -2.44. The summed E-state index contributed by atoms with van der Waals surface area (Å²) in [6, 6.07) is 7.93. The molecule has 2 fully saturated rings. The summed E-state index contributed by atoms with van der Waals surface area (Å²) in [4.78, 5) is 14.4. The summed E-state index contributed by atoms with van der Waals surface area (Å²) in [5, 5.41) is 0. The first kappa shape index (κ1) is 14.5. The molecular weight excluding hydrogens is 272 g/mol. The van der Waals surface area contributed by atoms with E-state index in [-0.39, 0.29) is 24.4 Å². The Bertz CT molecular complexity index is 580. The molecule has 2 aliphatic rings. The number of nitrogens with zero attached hydrogens (tertiary/aromatic N) is 1. The number of alkyl halides is 2. The van der Waals surface area contributed by atoms with Crippen molar-refractivity contribution in [3.05, 3.63) is 35.4 Å². The molecule has 0 aliphatic carbocycles. The van der Waals surface area contributed by atoms with Crippen molar-refractivity contribution in [2.75, 3.05) is 0 Å². The highest BCUT2D eigenvalue weighted by Gasteiger charge is 2.62. The van der Waals surface area contributed by atoms with Crippen LogP contribution in [-0.2, 0) is 4.79 Å². The molecule has 0 aromatic heterocycles. The van der Waals surface area contributed by atoms with Gasteiger partial charge in [-0.1, -0.05) is 29.8 Å². The standard InChI is InChI=1S/C17H21F2NO/c1-11-5-4-6-12(9-11)14-8-7-13-10-16(2,17(3,18)19)15(21)20(13)14/h4-6,9,13-14H,7-8,10H2,1-3H3/t13-,14-,16?/m0/s1. The first-order valence-corrected chi connectivity index (χ1v) is 7.51. The van der Waals surface area contributed by atoms with Crippen LogP contribution in [0.1, 0.15) is 50.3 Å². The zero-order chi connectivity index (χ0) is 15.4. The highest BCUT2D eigenvalue weighted by molar-refractivity contribution is 5.87. The average Bonchev–Trinajstić information content (AvgIpc) is 2.89. The fourth-order valence-corrected chi connectivity index (χ4v) is 3.81. The minimum atomic E-state index is -2.98. The summed E-state index contributed by atoms with van der Waals surface area (Å²) in [5.74, 6) is -3.37. The first-order chi connectivity index (χ1) is 9.74. The summed E-state index contributed by atoms with van der Waals surface area (Å²) in [6.07, 6.45) is 1.94. The smallest absolute Gasteiger partial charge is 0.259 e. The quantitative estimate of drug-likeness (QED) is 0.804. The Morgan fingerprint density at radius 1 is 1.33 bits per heavy atom. The van der Waals surface area contributed by atoms with Crippen molar-refractivity contribution in [1.82, 2.24) is 4.90 Å². The maximum Gasteiger partial charge on any atom is 0.259 e. The summed E-state index contributed by atoms with van der Waals surface area (Å²) in [7, 11) is 0. The van der Waals surface area contributed by atoms with Crippen molar-refractivity contribution >= 4 is 5.91 Å². The fraction of sp³-hybridized carbons (Fsp3) is 0.588. The van der Waals surface area contributed by atoms with Crippen LogP contribution in [0.2, 0.25) is 0 Å². The van der Waals surface area contributed by atoms with Gasteiger partial charge in [-0.25, -0.2) is 8.78 Å². The van der Waals surface area contributed by atoms with Crippen LogP contribution in [0.15, 0.2) is 24.3 Å². The number of carbonyl (C=O) groups excluding carboxylic acids is 1. The van der Waals surface area contributed by atoms with Gasteiger partial charge in [0.2, 0.25) is 5.91 Å². The molecule has 0 spiro atoms. The van der Waals surface area contributed by atoms with Gasteiger partial charge in [0.25, 0.3) is 5.92 Å². The summed E-state index contributed by atoms with van der Waals surface area (Å²) < 4.78 is 27.8. The van der Waals surface area contributed by atoms with Gasteiger partial charge < -0.3 is 4.90 Å². The predicted octanol–water partition coefficient (Wildman–Crippen LogP) is 4.09. The third-order valence-corrected chi connectivity index (χ3v) is 5.25. The zero-order valence-corrected chi connectivity index (χ0v) is 12.7. The third kappa shape index (κ3) is 2.07. The number of halogens is 2. The van der Waals surface area contributed by atoms with E-state index in [0.717, 1.165) is 30.9 Å². The second kappa shape index (κ2) is 4.52. The molecule has 1 aromatic carbocycles. The number of aryl methyl sites for hydroxylation is 1. The van der Waals surface area contributed by atoms with Crippen molar-refractivity contribution in [3.63, 3.8) is 0 Å². The fourth-order valence-electron chi connectivity index (χ4n) is 3.81. The van der Waals surface area contributed by atoms with E-state index in [9.17, 15) is 13.6 Å². The molecule has 1 amide bonds. The van der Waals surface area contributed by atoms with Crippen molar-refractivity contribution in [2.24, 2.45) is 5.41 Å². The zero-order valence-electron chi connectivity index (χ0n) is 12.7. The maximum absolute atomic E-state index is 13.9. The number of carbonyl (C=O) groups is 1. The number of fused-ring (bicyclic) bond motifs is 1. The van der Waals surface area contributed by atoms with Crippen LogP contribution in [0.4, 0.5) is 8.78 Å². The summed E-state index contributed by atoms with van der Waals surface area (Å²) in [6.45, 7) is 4.29. The Hall–Kier alpha value is -1.45. The molecular formula is C17H21F2NO. The van der Waals surface area contributed by atoms with Crippen molar-refractivity contribution in [2.45, 2.75) is 58.0 Å². The molecule has 21 heavy (non-hydrogen) atoms. The van der Waals surface area contributed by atoms with E-state index < -0.39 is 11.3 Å². The average molecular weight is 293 g/mol. The van der Waals surface area contributed by atoms with Gasteiger partial charge in [0, 0.05) is 13.0 Å². The molecule has 2 heterocycles. The molecule has 0 radical (unpaired) electrons. The van der Waals surface area contributed by atoms with E-state index in [1.54, 1.807) is 4.90 Å². The first-order valence-electron chi connectivity index (χ1n) is 7.51. The van der Waals surface area contributed by atoms with Gasteiger partial charge in [-0.05, 0) is 38.7 Å². The lowest BCUT2D eigenvalue weighted by atomic mass is 9.80. The van der Waals surface area contributed by atoms with E-state index in [4.69, 9.17) is 0 Å². The minimum Gasteiger partial charge on any atom is -0.332 e. The Balaban J connectivity index is 1.95. The maximum atomic E-state index is 13.9. The Labute approximate surface area is 124 Å². The van der Waals surface area contributed by atoms with Crippen molar-refractivity contribution in [3.8, 4) is 0 Å². The Kier molecular flexibility index (Phi) is 3.12. The van der Waals surface area contributed by atoms with Gasteiger partial charge in [0.1, 0.15) is 5.41 Å². The van der Waals surface area contributed by atoms with Gasteiger partial charge >= 0.3 is 0 Å². The molecule has 2 aliphatic heterocycles. The highest BCUT2D eigenvalue weighted by Crippen LogP contribution is 2.54. The topological polar surface area (TPSA) is 20.3 Å². The van der Waals surface area contributed by atoms with E-state index in [1.165, 1.54) is 6.92 Å². The number of rotatable bonds is 2. The third-order valence-electron chi connectivity index (χ3n) is 5.25. The summed E-state index contributed by atoms with van der Waals surface area (Å²) in [5.41, 5.74) is 0.640. The minimum absolute atomic E-state index is 0.0427. The van der Waals surface area contributed by atoms with Crippen LogP contribution >= 0.6 is 0 Å². The van der Waals surface area contributed by atoms with Crippen LogP contribution in [0.5, 0.6) is 0 Å². The number of amides is 1. The number of hydrogen-bond acceptors (Lipinski definition) is 1. The van der Waals surface area contributed by atoms with Crippen LogP contribution < -0.4 is 0 Å². The molecule has 2 nitrogen and oxygen atoms in total. The van der Waals surface area contributed by atoms with Crippen LogP contribution in [0.25, 0.3) is 0 Å². The number of hydrogen-bond donors (Lipinski definition) is 0. The van der Waals surface area contributed by atoms with Crippen LogP contribution in [0.3, 0.4) is 0 Å². The summed E-state index contributed by atoms with van der Waals surface area (Å²) >= 11 is 0. The van der Waals surface area contributed by atoms with Gasteiger partial charge in [0.15, 0.2) is 0 Å². The molecule has 4 heteroatoms. The Morgan fingerprint density at radius 2 is 2.05 bits per heavy atom. The molecule has 114 valence electrons. The van der Waals surface area contributed by atoms with Crippen LogP contribution in [-0.4, -0.2) is 22.8 Å². The second-order valence-electron chi connectivity index (χ2n) is 6.80. The molecule has 0 N–H and O–H groups in total. The molecule has 2 saturated heterocycles. The van der Waals surface area contributed by atoms with Crippen LogP contribution in [0, 0.1) is 12.3 Å². The number of benzene rings is 1. The van der Waals surface area contributed by atoms with Gasteiger partial charge in [0.05, 0.1) is 6.04 Å². The molecule has 1 unspecified atom stereocenters. The van der Waals surface area contributed by atoms with Gasteiger partial charge in [-0.15, -0.1) is 0 Å². The highest BCUT2D eigenvalue weighted by atomic mass is 19.3. The van der Waals surface area contributed by atoms with Crippen molar-refractivity contribution < 1.29 is 13.6 Å². The largest absolute Gasteiger partial charge is 0.332 e. The Morgan fingerprint density at radius 3 is 2.67 bits per heavy atom. The lowest BCUT2D eigenvalue weighted by Gasteiger charge is -2.31.